The summed E-state index contributed by atoms with van der Waals surface area (Å²) in [5.41, 5.74) is 0.153. The molecule has 0 aliphatic heterocycles. The molecule has 6 heteroatoms. The van der Waals surface area contributed by atoms with Crippen LogP contribution in [-0.4, -0.2) is 17.4 Å². The Bertz CT molecular complexity index is 602. The highest BCUT2D eigenvalue weighted by atomic mass is 19.3. The standard InChI is InChI=1S/C13H8F3NO2/c14-10-4-9(6-17-7-10)12(18)8-2-1-3-11(5-8)19-13(15)16/h1-7,13H. The zero-order chi connectivity index (χ0) is 13.8. The van der Waals surface area contributed by atoms with Crippen LogP contribution >= 0.6 is 0 Å². The average Bonchev–Trinajstić information content (AvgIpc) is 2.37. The Hall–Kier alpha value is -2.37. The fraction of sp³-hybridized carbons (Fsp3) is 0.0769. The van der Waals surface area contributed by atoms with E-state index >= 15 is 0 Å². The van der Waals surface area contributed by atoms with Crippen molar-refractivity contribution in [3.05, 3.63) is 59.7 Å². The molecule has 0 spiro atoms. The molecule has 1 heterocycles. The summed E-state index contributed by atoms with van der Waals surface area (Å²) in [6, 6.07) is 6.31. The van der Waals surface area contributed by atoms with Crippen LogP contribution in [0.5, 0.6) is 5.75 Å². The van der Waals surface area contributed by atoms with Crippen LogP contribution in [0.15, 0.2) is 42.7 Å². The van der Waals surface area contributed by atoms with Crippen molar-refractivity contribution in [1.29, 1.82) is 0 Å². The molecule has 0 aliphatic carbocycles. The number of carbonyl (C=O) groups excluding carboxylic acids is 1. The van der Waals surface area contributed by atoms with E-state index < -0.39 is 18.2 Å². The summed E-state index contributed by atoms with van der Waals surface area (Å²) >= 11 is 0. The van der Waals surface area contributed by atoms with E-state index in [1.165, 1.54) is 30.5 Å². The Kier molecular flexibility index (Phi) is 3.79. The summed E-state index contributed by atoms with van der Waals surface area (Å²) < 4.78 is 41.3. The predicted molar refractivity (Wildman–Crippen MR) is 60.7 cm³/mol. The molecule has 0 atom stereocenters. The van der Waals surface area contributed by atoms with Crippen LogP contribution in [0.2, 0.25) is 0 Å². The first-order chi connectivity index (χ1) is 9.06. The van der Waals surface area contributed by atoms with Crippen molar-refractivity contribution >= 4 is 5.78 Å². The molecule has 0 saturated heterocycles. The highest BCUT2D eigenvalue weighted by Gasteiger charge is 2.12. The SMILES string of the molecule is O=C(c1cncc(F)c1)c1cccc(OC(F)F)c1. The van der Waals surface area contributed by atoms with Gasteiger partial charge in [0.15, 0.2) is 5.78 Å². The van der Waals surface area contributed by atoms with Crippen molar-refractivity contribution in [2.75, 3.05) is 0 Å². The van der Waals surface area contributed by atoms with Crippen molar-refractivity contribution in [3.63, 3.8) is 0 Å². The Morgan fingerprint density at radius 2 is 1.95 bits per heavy atom. The first-order valence-electron chi connectivity index (χ1n) is 5.26. The molecule has 19 heavy (non-hydrogen) atoms. The number of ether oxygens (including phenoxy) is 1. The lowest BCUT2D eigenvalue weighted by atomic mass is 10.0. The summed E-state index contributed by atoms with van der Waals surface area (Å²) in [5.74, 6) is -1.30. The van der Waals surface area contributed by atoms with E-state index in [4.69, 9.17) is 0 Å². The normalized spacial score (nSPS) is 10.5. The van der Waals surface area contributed by atoms with Gasteiger partial charge in [0.25, 0.3) is 0 Å². The van der Waals surface area contributed by atoms with Gasteiger partial charge < -0.3 is 4.74 Å². The average molecular weight is 267 g/mol. The van der Waals surface area contributed by atoms with Gasteiger partial charge in [-0.25, -0.2) is 4.39 Å². The van der Waals surface area contributed by atoms with Crippen LogP contribution in [0, 0.1) is 5.82 Å². The van der Waals surface area contributed by atoms with Crippen LogP contribution in [0.1, 0.15) is 15.9 Å². The third-order valence-corrected chi connectivity index (χ3v) is 2.29. The largest absolute Gasteiger partial charge is 0.435 e. The molecule has 0 amide bonds. The molecule has 2 aromatic rings. The van der Waals surface area contributed by atoms with Crippen LogP contribution in [0.3, 0.4) is 0 Å². The van der Waals surface area contributed by atoms with Gasteiger partial charge in [-0.05, 0) is 18.2 Å². The van der Waals surface area contributed by atoms with Crippen molar-refractivity contribution < 1.29 is 22.7 Å². The third kappa shape index (κ3) is 3.31. The first-order valence-corrected chi connectivity index (χ1v) is 5.26. The lowest BCUT2D eigenvalue weighted by molar-refractivity contribution is -0.0498. The minimum absolute atomic E-state index is 0.0363. The quantitative estimate of drug-likeness (QED) is 0.799. The van der Waals surface area contributed by atoms with E-state index in [9.17, 15) is 18.0 Å². The molecule has 0 saturated carbocycles. The number of nitrogens with zero attached hydrogens (tertiary/aromatic N) is 1. The molecule has 0 N–H and O–H groups in total. The van der Waals surface area contributed by atoms with Crippen molar-refractivity contribution in [2.24, 2.45) is 0 Å². The molecule has 0 radical (unpaired) electrons. The van der Waals surface area contributed by atoms with Crippen LogP contribution in [0.25, 0.3) is 0 Å². The number of alkyl halides is 2. The summed E-state index contributed by atoms with van der Waals surface area (Å²) in [4.78, 5) is 15.5. The zero-order valence-electron chi connectivity index (χ0n) is 9.52. The maximum atomic E-state index is 13.0. The summed E-state index contributed by atoms with van der Waals surface area (Å²) in [6.07, 6.45) is 2.17. The number of ketones is 1. The van der Waals surface area contributed by atoms with Gasteiger partial charge in [-0.3, -0.25) is 9.78 Å². The Labute approximate surface area is 106 Å². The van der Waals surface area contributed by atoms with Gasteiger partial charge in [0.2, 0.25) is 0 Å². The van der Waals surface area contributed by atoms with E-state index in [1.807, 2.05) is 0 Å². The van der Waals surface area contributed by atoms with Crippen molar-refractivity contribution in [2.45, 2.75) is 6.61 Å². The first kappa shape index (κ1) is 13.1. The van der Waals surface area contributed by atoms with E-state index in [2.05, 4.69) is 9.72 Å². The van der Waals surface area contributed by atoms with Gasteiger partial charge in [-0.15, -0.1) is 0 Å². The second-order valence-electron chi connectivity index (χ2n) is 3.63. The minimum atomic E-state index is -2.97. The highest BCUT2D eigenvalue weighted by Crippen LogP contribution is 2.18. The molecular weight excluding hydrogens is 259 g/mol. The number of aromatic nitrogens is 1. The maximum absolute atomic E-state index is 13.0. The fourth-order valence-electron chi connectivity index (χ4n) is 1.52. The molecule has 98 valence electrons. The Morgan fingerprint density at radius 3 is 2.63 bits per heavy atom. The smallest absolute Gasteiger partial charge is 0.387 e. The van der Waals surface area contributed by atoms with E-state index in [1.54, 1.807) is 0 Å². The van der Waals surface area contributed by atoms with Crippen LogP contribution < -0.4 is 4.74 Å². The number of carbonyl (C=O) groups is 1. The Morgan fingerprint density at radius 1 is 1.16 bits per heavy atom. The number of pyridine rings is 1. The number of rotatable bonds is 4. The van der Waals surface area contributed by atoms with Gasteiger partial charge in [-0.2, -0.15) is 8.78 Å². The molecule has 0 fully saturated rings. The van der Waals surface area contributed by atoms with Crippen LogP contribution in [0.4, 0.5) is 13.2 Å². The van der Waals surface area contributed by atoms with E-state index in [-0.39, 0.29) is 16.9 Å². The molecule has 0 bridgehead atoms. The van der Waals surface area contributed by atoms with Gasteiger partial charge in [-0.1, -0.05) is 12.1 Å². The van der Waals surface area contributed by atoms with Crippen molar-refractivity contribution in [1.82, 2.24) is 4.98 Å². The monoisotopic (exact) mass is 267 g/mol. The van der Waals surface area contributed by atoms with Gasteiger partial charge in [0, 0.05) is 17.3 Å². The molecule has 3 nitrogen and oxygen atoms in total. The molecule has 1 aromatic carbocycles. The zero-order valence-corrected chi connectivity index (χ0v) is 9.52. The van der Waals surface area contributed by atoms with E-state index in [0.29, 0.717) is 0 Å². The number of hydrogen-bond donors (Lipinski definition) is 0. The number of hydrogen-bond acceptors (Lipinski definition) is 3. The Balaban J connectivity index is 2.29. The molecule has 0 unspecified atom stereocenters. The highest BCUT2D eigenvalue weighted by molar-refractivity contribution is 6.08. The lowest BCUT2D eigenvalue weighted by Gasteiger charge is -2.06. The summed E-state index contributed by atoms with van der Waals surface area (Å²) in [7, 11) is 0. The number of benzene rings is 1. The topological polar surface area (TPSA) is 39.2 Å². The van der Waals surface area contributed by atoms with Crippen molar-refractivity contribution in [3.8, 4) is 5.75 Å². The van der Waals surface area contributed by atoms with Gasteiger partial charge >= 0.3 is 6.61 Å². The maximum Gasteiger partial charge on any atom is 0.387 e. The molecule has 0 aliphatic rings. The second-order valence-corrected chi connectivity index (χ2v) is 3.63. The summed E-state index contributed by atoms with van der Waals surface area (Å²) in [6.45, 7) is -2.97. The summed E-state index contributed by atoms with van der Waals surface area (Å²) in [5, 5.41) is 0. The van der Waals surface area contributed by atoms with Gasteiger partial charge in [0.05, 0.1) is 6.20 Å². The third-order valence-electron chi connectivity index (χ3n) is 2.29. The van der Waals surface area contributed by atoms with Crippen LogP contribution in [-0.2, 0) is 0 Å². The predicted octanol–water partition coefficient (Wildman–Crippen LogP) is 3.05. The van der Waals surface area contributed by atoms with Gasteiger partial charge in [0.1, 0.15) is 11.6 Å². The second kappa shape index (κ2) is 5.51. The fourth-order valence-corrected chi connectivity index (χ4v) is 1.52. The van der Waals surface area contributed by atoms with E-state index in [0.717, 1.165) is 12.3 Å². The molecule has 1 aromatic heterocycles. The minimum Gasteiger partial charge on any atom is -0.435 e. The lowest BCUT2D eigenvalue weighted by Crippen LogP contribution is -2.05. The molecule has 2 rings (SSSR count). The molecular formula is C13H8F3NO2. The number of halogens is 3.